The SMILES string of the molecule is CC1=C2CC(C1)CC(C)C2CC(=O)Nc1ccc2nc(CN(C)C(=O)OC(C)(C)C)[nH]c2c1. The Kier molecular flexibility index (Phi) is 6.25. The van der Waals surface area contributed by atoms with Gasteiger partial charge in [-0.3, -0.25) is 4.79 Å². The van der Waals surface area contributed by atoms with Gasteiger partial charge in [0.2, 0.25) is 5.91 Å². The number of ether oxygens (including phenoxy) is 1. The minimum absolute atomic E-state index is 0.0567. The van der Waals surface area contributed by atoms with E-state index in [1.807, 2.05) is 39.0 Å². The summed E-state index contributed by atoms with van der Waals surface area (Å²) in [5.41, 5.74) is 4.85. The maximum atomic E-state index is 12.9. The van der Waals surface area contributed by atoms with Crippen molar-refractivity contribution in [1.29, 1.82) is 0 Å². The topological polar surface area (TPSA) is 87.3 Å². The van der Waals surface area contributed by atoms with E-state index in [4.69, 9.17) is 4.74 Å². The van der Waals surface area contributed by atoms with Crippen LogP contribution in [0.3, 0.4) is 0 Å². The van der Waals surface area contributed by atoms with Gasteiger partial charge in [0, 0.05) is 19.2 Å². The Balaban J connectivity index is 1.39. The summed E-state index contributed by atoms with van der Waals surface area (Å²) in [5, 5.41) is 3.08. The molecule has 2 bridgehead atoms. The lowest BCUT2D eigenvalue weighted by atomic mass is 9.73. The van der Waals surface area contributed by atoms with Gasteiger partial charge in [0.1, 0.15) is 11.4 Å². The van der Waals surface area contributed by atoms with Crippen LogP contribution in [-0.2, 0) is 16.1 Å². The van der Waals surface area contributed by atoms with E-state index in [-0.39, 0.29) is 5.91 Å². The second kappa shape index (κ2) is 8.84. The molecule has 7 nitrogen and oxygen atoms in total. The van der Waals surface area contributed by atoms with Crippen molar-refractivity contribution in [3.05, 3.63) is 35.2 Å². The molecule has 2 N–H and O–H groups in total. The van der Waals surface area contributed by atoms with Gasteiger partial charge in [-0.1, -0.05) is 18.1 Å². The number of imidazole rings is 1. The number of benzene rings is 1. The van der Waals surface area contributed by atoms with Crippen LogP contribution in [0.25, 0.3) is 11.0 Å². The molecular formula is C26H36N4O3. The van der Waals surface area contributed by atoms with Gasteiger partial charge in [0.25, 0.3) is 0 Å². The number of H-pyrrole nitrogens is 1. The van der Waals surface area contributed by atoms with Crippen molar-refractivity contribution in [3.63, 3.8) is 0 Å². The van der Waals surface area contributed by atoms with E-state index in [9.17, 15) is 9.59 Å². The molecule has 0 radical (unpaired) electrons. The Morgan fingerprint density at radius 2 is 2.03 bits per heavy atom. The van der Waals surface area contributed by atoms with Gasteiger partial charge in [-0.05, 0) is 82.9 Å². The van der Waals surface area contributed by atoms with Crippen LogP contribution >= 0.6 is 0 Å². The minimum atomic E-state index is -0.545. The molecular weight excluding hydrogens is 416 g/mol. The molecule has 1 aromatic carbocycles. The number of anilines is 1. The predicted molar refractivity (Wildman–Crippen MR) is 130 cm³/mol. The molecule has 7 heteroatoms. The number of amides is 2. The Labute approximate surface area is 196 Å². The van der Waals surface area contributed by atoms with Crippen molar-refractivity contribution in [2.24, 2.45) is 17.8 Å². The predicted octanol–water partition coefficient (Wildman–Crippen LogP) is 5.64. The van der Waals surface area contributed by atoms with Crippen LogP contribution in [-0.4, -0.2) is 39.5 Å². The number of hydrogen-bond donors (Lipinski definition) is 2. The smallest absolute Gasteiger partial charge is 0.410 e. The van der Waals surface area contributed by atoms with E-state index < -0.39 is 11.7 Å². The number of aromatic amines is 1. The number of nitrogens with zero attached hydrogens (tertiary/aromatic N) is 2. The molecule has 3 atom stereocenters. The lowest BCUT2D eigenvalue weighted by molar-refractivity contribution is -0.117. The lowest BCUT2D eigenvalue weighted by Crippen LogP contribution is -2.34. The average Bonchev–Trinajstić information content (AvgIpc) is 3.23. The van der Waals surface area contributed by atoms with E-state index in [0.29, 0.717) is 30.6 Å². The molecule has 0 saturated heterocycles. The summed E-state index contributed by atoms with van der Waals surface area (Å²) in [6, 6.07) is 5.66. The van der Waals surface area contributed by atoms with Gasteiger partial charge in [-0.25, -0.2) is 9.78 Å². The molecule has 33 heavy (non-hydrogen) atoms. The summed E-state index contributed by atoms with van der Waals surface area (Å²) in [6.45, 7) is 10.4. The monoisotopic (exact) mass is 452 g/mol. The third kappa shape index (κ3) is 5.40. The van der Waals surface area contributed by atoms with E-state index in [0.717, 1.165) is 22.6 Å². The largest absolute Gasteiger partial charge is 0.444 e. The highest BCUT2D eigenvalue weighted by Gasteiger charge is 2.37. The van der Waals surface area contributed by atoms with Gasteiger partial charge in [0.15, 0.2) is 0 Å². The van der Waals surface area contributed by atoms with Gasteiger partial charge in [-0.15, -0.1) is 0 Å². The number of nitrogens with one attached hydrogen (secondary N) is 2. The summed E-state index contributed by atoms with van der Waals surface area (Å²) in [6.07, 6.45) is 3.74. The Morgan fingerprint density at radius 3 is 2.76 bits per heavy atom. The van der Waals surface area contributed by atoms with Crippen molar-refractivity contribution >= 4 is 28.7 Å². The van der Waals surface area contributed by atoms with Gasteiger partial charge in [0.05, 0.1) is 17.6 Å². The van der Waals surface area contributed by atoms with Crippen LogP contribution in [0.4, 0.5) is 10.5 Å². The molecule has 2 aliphatic rings. The molecule has 1 saturated carbocycles. The first-order valence-electron chi connectivity index (χ1n) is 11.9. The fraction of sp³-hybridized carbons (Fsp3) is 0.577. The second-order valence-electron chi connectivity index (χ2n) is 10.9. The second-order valence-corrected chi connectivity index (χ2v) is 10.9. The molecule has 0 aliphatic heterocycles. The number of rotatable bonds is 5. The third-order valence-corrected chi connectivity index (χ3v) is 6.80. The minimum Gasteiger partial charge on any atom is -0.444 e. The van der Waals surface area contributed by atoms with Crippen LogP contribution in [0.2, 0.25) is 0 Å². The maximum Gasteiger partial charge on any atom is 0.410 e. The number of fused-ring (bicyclic) bond motifs is 3. The number of carbonyl (C=O) groups is 2. The summed E-state index contributed by atoms with van der Waals surface area (Å²) < 4.78 is 5.40. The number of aromatic nitrogens is 2. The molecule has 1 heterocycles. The molecule has 4 rings (SSSR count). The van der Waals surface area contributed by atoms with Crippen molar-refractivity contribution in [3.8, 4) is 0 Å². The van der Waals surface area contributed by atoms with Crippen LogP contribution in [0.15, 0.2) is 29.3 Å². The highest BCUT2D eigenvalue weighted by molar-refractivity contribution is 5.93. The molecule has 0 spiro atoms. The molecule has 1 fully saturated rings. The van der Waals surface area contributed by atoms with Crippen molar-refractivity contribution < 1.29 is 14.3 Å². The van der Waals surface area contributed by atoms with E-state index in [1.54, 1.807) is 7.05 Å². The number of allylic oxidation sites excluding steroid dienone is 2. The van der Waals surface area contributed by atoms with Crippen LogP contribution in [0.5, 0.6) is 0 Å². The van der Waals surface area contributed by atoms with E-state index in [2.05, 4.69) is 29.1 Å². The Hall–Kier alpha value is -2.83. The van der Waals surface area contributed by atoms with Crippen LogP contribution < -0.4 is 5.32 Å². The molecule has 2 aliphatic carbocycles. The zero-order valence-electron chi connectivity index (χ0n) is 20.6. The van der Waals surface area contributed by atoms with Crippen molar-refractivity contribution in [2.75, 3.05) is 12.4 Å². The molecule has 3 unspecified atom stereocenters. The van der Waals surface area contributed by atoms with Crippen molar-refractivity contribution in [1.82, 2.24) is 14.9 Å². The Morgan fingerprint density at radius 1 is 1.27 bits per heavy atom. The number of hydrogen-bond acceptors (Lipinski definition) is 4. The van der Waals surface area contributed by atoms with Crippen LogP contribution in [0, 0.1) is 17.8 Å². The normalized spacial score (nSPS) is 22.5. The highest BCUT2D eigenvalue weighted by Crippen LogP contribution is 2.48. The zero-order chi connectivity index (χ0) is 23.9. The fourth-order valence-electron chi connectivity index (χ4n) is 5.37. The first kappa shape index (κ1) is 23.3. The molecule has 2 amide bonds. The zero-order valence-corrected chi connectivity index (χ0v) is 20.6. The summed E-state index contributed by atoms with van der Waals surface area (Å²) in [4.78, 5) is 34.4. The quantitative estimate of drug-likeness (QED) is 0.575. The highest BCUT2D eigenvalue weighted by atomic mass is 16.6. The summed E-state index contributed by atoms with van der Waals surface area (Å²) in [5.74, 6) is 2.43. The third-order valence-electron chi connectivity index (χ3n) is 6.80. The maximum absolute atomic E-state index is 12.9. The number of carbonyl (C=O) groups excluding carboxylic acids is 2. The lowest BCUT2D eigenvalue weighted by Gasteiger charge is -2.32. The first-order chi connectivity index (χ1) is 15.5. The fourth-order valence-corrected chi connectivity index (χ4v) is 5.37. The van der Waals surface area contributed by atoms with Gasteiger partial charge in [-0.2, -0.15) is 0 Å². The molecule has 178 valence electrons. The average molecular weight is 453 g/mol. The van der Waals surface area contributed by atoms with Gasteiger partial charge >= 0.3 is 6.09 Å². The van der Waals surface area contributed by atoms with Gasteiger partial charge < -0.3 is 19.9 Å². The first-order valence-corrected chi connectivity index (χ1v) is 11.9. The molecule has 2 aromatic rings. The van der Waals surface area contributed by atoms with Crippen molar-refractivity contribution in [2.45, 2.75) is 72.4 Å². The van der Waals surface area contributed by atoms with E-state index in [1.165, 1.54) is 35.3 Å². The van der Waals surface area contributed by atoms with E-state index >= 15 is 0 Å². The summed E-state index contributed by atoms with van der Waals surface area (Å²) >= 11 is 0. The Bertz CT molecular complexity index is 1090. The standard InChI is InChI=1S/C26H36N4O3/c1-15-9-17-10-16(2)20(19(15)11-17)13-24(31)27-18-7-8-21-22(12-18)29-23(28-21)14-30(6)25(32)33-26(3,4)5/h7-8,12,16-17,20H,9-11,13-14H2,1-6H3,(H,27,31)(H,28,29). The molecule has 1 aromatic heterocycles. The summed E-state index contributed by atoms with van der Waals surface area (Å²) in [7, 11) is 1.68. The van der Waals surface area contributed by atoms with Crippen LogP contribution in [0.1, 0.15) is 66.1 Å².